The van der Waals surface area contributed by atoms with Gasteiger partial charge in [0, 0.05) is 0 Å². The first-order valence-electron chi connectivity index (χ1n) is 6.57. The van der Waals surface area contributed by atoms with Crippen LogP contribution in [0.25, 0.3) is 0 Å². The summed E-state index contributed by atoms with van der Waals surface area (Å²) in [5.41, 5.74) is 4.12. The van der Waals surface area contributed by atoms with E-state index in [0.29, 0.717) is 5.92 Å². The van der Waals surface area contributed by atoms with E-state index >= 15 is 0 Å². The van der Waals surface area contributed by atoms with Crippen LogP contribution in [0.1, 0.15) is 35.4 Å². The smallest absolute Gasteiger partial charge is 0.317 e. The number of carboxylic acids is 1. The molecular weight excluding hydrogens is 226 g/mol. The van der Waals surface area contributed by atoms with E-state index in [1.165, 1.54) is 16.7 Å². The quantitative estimate of drug-likeness (QED) is 0.892. The third-order valence-corrected chi connectivity index (χ3v) is 3.82. The fraction of sp³-hybridized carbons (Fsp3) is 0.533. The average molecular weight is 247 g/mol. The van der Waals surface area contributed by atoms with Crippen molar-refractivity contribution >= 4 is 5.97 Å². The number of likely N-dealkylation sites (tertiary alicyclic amines) is 1. The summed E-state index contributed by atoms with van der Waals surface area (Å²) in [6, 6.07) is 6.62. The minimum atomic E-state index is -0.722. The maximum Gasteiger partial charge on any atom is 0.317 e. The standard InChI is InChI=1S/C15H21NO2/c1-11-3-4-12(2)14(9-11)13-5-7-16(8-6-13)10-15(17)18/h3-4,9,13H,5-8,10H2,1-2H3,(H,17,18). The minimum Gasteiger partial charge on any atom is -0.480 e. The number of hydrogen-bond donors (Lipinski definition) is 1. The van der Waals surface area contributed by atoms with Gasteiger partial charge in [0.15, 0.2) is 0 Å². The molecule has 3 heteroatoms. The van der Waals surface area contributed by atoms with E-state index in [1.807, 2.05) is 4.90 Å². The van der Waals surface area contributed by atoms with Gasteiger partial charge in [-0.25, -0.2) is 0 Å². The largest absolute Gasteiger partial charge is 0.480 e. The summed E-state index contributed by atoms with van der Waals surface area (Å²) in [7, 11) is 0. The Morgan fingerprint density at radius 2 is 2.00 bits per heavy atom. The van der Waals surface area contributed by atoms with Crippen LogP contribution in [0.3, 0.4) is 0 Å². The molecule has 0 bridgehead atoms. The van der Waals surface area contributed by atoms with Crippen LogP contribution >= 0.6 is 0 Å². The zero-order valence-electron chi connectivity index (χ0n) is 11.1. The van der Waals surface area contributed by atoms with Crippen molar-refractivity contribution in [1.29, 1.82) is 0 Å². The monoisotopic (exact) mass is 247 g/mol. The second-order valence-corrected chi connectivity index (χ2v) is 5.30. The molecule has 0 saturated carbocycles. The molecule has 1 aliphatic heterocycles. The number of carboxylic acid groups (broad SMARTS) is 1. The molecule has 18 heavy (non-hydrogen) atoms. The second kappa shape index (κ2) is 5.53. The Bertz CT molecular complexity index is 434. The summed E-state index contributed by atoms with van der Waals surface area (Å²) in [5, 5.41) is 8.79. The van der Waals surface area contributed by atoms with Crippen LogP contribution in [0, 0.1) is 13.8 Å². The predicted octanol–water partition coefficient (Wildman–Crippen LogP) is 2.57. The Morgan fingerprint density at radius 1 is 1.33 bits per heavy atom. The van der Waals surface area contributed by atoms with Crippen molar-refractivity contribution in [2.75, 3.05) is 19.6 Å². The Kier molecular flexibility index (Phi) is 4.02. The van der Waals surface area contributed by atoms with Crippen molar-refractivity contribution in [2.45, 2.75) is 32.6 Å². The lowest BCUT2D eigenvalue weighted by Gasteiger charge is -2.31. The molecule has 1 aromatic rings. The number of aryl methyl sites for hydroxylation is 2. The van der Waals surface area contributed by atoms with E-state index in [9.17, 15) is 4.79 Å². The van der Waals surface area contributed by atoms with E-state index in [1.54, 1.807) is 0 Å². The van der Waals surface area contributed by atoms with Crippen LogP contribution in [0.2, 0.25) is 0 Å². The molecule has 0 aliphatic carbocycles. The van der Waals surface area contributed by atoms with Crippen molar-refractivity contribution in [3.05, 3.63) is 34.9 Å². The van der Waals surface area contributed by atoms with E-state index < -0.39 is 5.97 Å². The molecule has 1 aliphatic rings. The first kappa shape index (κ1) is 13.1. The van der Waals surface area contributed by atoms with Gasteiger partial charge in [-0.3, -0.25) is 9.69 Å². The van der Waals surface area contributed by atoms with Crippen LogP contribution in [-0.4, -0.2) is 35.6 Å². The molecule has 1 heterocycles. The molecule has 0 amide bonds. The molecular formula is C15H21NO2. The zero-order valence-corrected chi connectivity index (χ0v) is 11.1. The predicted molar refractivity (Wildman–Crippen MR) is 72.0 cm³/mol. The Labute approximate surface area is 108 Å². The molecule has 0 unspecified atom stereocenters. The third-order valence-electron chi connectivity index (χ3n) is 3.82. The molecule has 1 N–H and O–H groups in total. The fourth-order valence-corrected chi connectivity index (χ4v) is 2.79. The second-order valence-electron chi connectivity index (χ2n) is 5.30. The summed E-state index contributed by atoms with van der Waals surface area (Å²) in [4.78, 5) is 12.7. The van der Waals surface area contributed by atoms with Crippen molar-refractivity contribution in [2.24, 2.45) is 0 Å². The Hall–Kier alpha value is -1.35. The number of hydrogen-bond acceptors (Lipinski definition) is 2. The zero-order chi connectivity index (χ0) is 13.1. The molecule has 0 atom stereocenters. The molecule has 0 aromatic heterocycles. The van der Waals surface area contributed by atoms with Crippen molar-refractivity contribution in [1.82, 2.24) is 4.90 Å². The maximum absolute atomic E-state index is 10.7. The lowest BCUT2D eigenvalue weighted by molar-refractivity contribution is -0.138. The highest BCUT2D eigenvalue weighted by Crippen LogP contribution is 2.30. The van der Waals surface area contributed by atoms with Crippen molar-refractivity contribution < 1.29 is 9.90 Å². The van der Waals surface area contributed by atoms with Gasteiger partial charge >= 0.3 is 5.97 Å². The molecule has 1 fully saturated rings. The van der Waals surface area contributed by atoms with Gasteiger partial charge in [0.05, 0.1) is 6.54 Å². The fourth-order valence-electron chi connectivity index (χ4n) is 2.79. The average Bonchev–Trinajstić information content (AvgIpc) is 2.33. The van der Waals surface area contributed by atoms with Crippen molar-refractivity contribution in [3.8, 4) is 0 Å². The van der Waals surface area contributed by atoms with Gasteiger partial charge in [-0.05, 0) is 56.8 Å². The highest BCUT2D eigenvalue weighted by atomic mass is 16.4. The summed E-state index contributed by atoms with van der Waals surface area (Å²) >= 11 is 0. The first-order chi connectivity index (χ1) is 8.56. The van der Waals surface area contributed by atoms with Gasteiger partial charge in [0.2, 0.25) is 0 Å². The van der Waals surface area contributed by atoms with Crippen LogP contribution in [-0.2, 0) is 4.79 Å². The van der Waals surface area contributed by atoms with Crippen LogP contribution in [0.4, 0.5) is 0 Å². The van der Waals surface area contributed by atoms with Gasteiger partial charge in [-0.15, -0.1) is 0 Å². The lowest BCUT2D eigenvalue weighted by atomic mass is 9.86. The van der Waals surface area contributed by atoms with Crippen LogP contribution in [0.15, 0.2) is 18.2 Å². The Morgan fingerprint density at radius 3 is 2.61 bits per heavy atom. The van der Waals surface area contributed by atoms with Gasteiger partial charge in [-0.1, -0.05) is 23.8 Å². The Balaban J connectivity index is 2.01. The molecule has 98 valence electrons. The van der Waals surface area contributed by atoms with E-state index in [0.717, 1.165) is 25.9 Å². The summed E-state index contributed by atoms with van der Waals surface area (Å²) in [5.74, 6) is -0.130. The molecule has 0 spiro atoms. The van der Waals surface area contributed by atoms with Gasteiger partial charge in [-0.2, -0.15) is 0 Å². The van der Waals surface area contributed by atoms with E-state index in [4.69, 9.17) is 5.11 Å². The molecule has 1 aromatic carbocycles. The van der Waals surface area contributed by atoms with Crippen molar-refractivity contribution in [3.63, 3.8) is 0 Å². The number of carbonyl (C=O) groups is 1. The topological polar surface area (TPSA) is 40.5 Å². The van der Waals surface area contributed by atoms with Gasteiger partial charge in [0.1, 0.15) is 0 Å². The molecule has 0 radical (unpaired) electrons. The molecule has 2 rings (SSSR count). The number of benzene rings is 1. The number of aliphatic carboxylic acids is 1. The highest BCUT2D eigenvalue weighted by Gasteiger charge is 2.22. The maximum atomic E-state index is 10.7. The van der Waals surface area contributed by atoms with E-state index in [-0.39, 0.29) is 6.54 Å². The number of piperidine rings is 1. The summed E-state index contributed by atoms with van der Waals surface area (Å²) in [6.07, 6.45) is 2.13. The lowest BCUT2D eigenvalue weighted by Crippen LogP contribution is -2.36. The molecule has 3 nitrogen and oxygen atoms in total. The highest BCUT2D eigenvalue weighted by molar-refractivity contribution is 5.69. The third kappa shape index (κ3) is 3.10. The molecule has 1 saturated heterocycles. The summed E-state index contributed by atoms with van der Waals surface area (Å²) < 4.78 is 0. The number of rotatable bonds is 3. The number of nitrogens with zero attached hydrogens (tertiary/aromatic N) is 1. The van der Waals surface area contributed by atoms with Gasteiger partial charge < -0.3 is 5.11 Å². The van der Waals surface area contributed by atoms with E-state index in [2.05, 4.69) is 32.0 Å². The SMILES string of the molecule is Cc1ccc(C)c(C2CCN(CC(=O)O)CC2)c1. The van der Waals surface area contributed by atoms with Crippen LogP contribution in [0.5, 0.6) is 0 Å². The normalized spacial score (nSPS) is 17.9. The van der Waals surface area contributed by atoms with Crippen LogP contribution < -0.4 is 0 Å². The first-order valence-corrected chi connectivity index (χ1v) is 6.57. The van der Waals surface area contributed by atoms with Gasteiger partial charge in [0.25, 0.3) is 0 Å². The summed E-state index contributed by atoms with van der Waals surface area (Å²) in [6.45, 7) is 6.26. The minimum absolute atomic E-state index is 0.180.